The topological polar surface area (TPSA) is 71.5 Å². The number of amides is 1. The molecule has 1 aliphatic carbocycles. The van der Waals surface area contributed by atoms with E-state index >= 15 is 0 Å². The monoisotopic (exact) mass is 360 g/mol. The van der Waals surface area contributed by atoms with Crippen molar-refractivity contribution in [1.82, 2.24) is 4.98 Å². The minimum atomic E-state index is -0.537. The van der Waals surface area contributed by atoms with Gasteiger partial charge in [-0.2, -0.15) is 0 Å². The predicted octanol–water partition coefficient (Wildman–Crippen LogP) is 3.98. The van der Waals surface area contributed by atoms with E-state index < -0.39 is 6.09 Å². The van der Waals surface area contributed by atoms with Crippen LogP contribution in [0.15, 0.2) is 66.9 Å². The van der Waals surface area contributed by atoms with Crippen LogP contribution in [-0.2, 0) is 11.2 Å². The first-order chi connectivity index (χ1) is 13.3. The number of hydrogen-bond donors (Lipinski definition) is 2. The summed E-state index contributed by atoms with van der Waals surface area (Å²) >= 11 is 0. The van der Waals surface area contributed by atoms with E-state index in [0.29, 0.717) is 12.2 Å². The van der Waals surface area contributed by atoms with Crippen molar-refractivity contribution < 1.29 is 14.6 Å². The SMILES string of the molecule is O=C(Nc1cc(CCO)ccn1)OCC1c2ccccc2-c2ccccc21. The number of aliphatic hydroxyl groups is 1. The van der Waals surface area contributed by atoms with Gasteiger partial charge >= 0.3 is 6.09 Å². The Morgan fingerprint density at radius 1 is 1.04 bits per heavy atom. The standard InChI is InChI=1S/C22H20N2O3/c25-12-10-15-9-11-23-21(13-15)24-22(26)27-14-20-18-7-3-1-5-16(18)17-6-2-4-8-19(17)20/h1-9,11,13,20,25H,10,12,14H2,(H,23,24,26). The number of pyridine rings is 1. The Morgan fingerprint density at radius 2 is 1.70 bits per heavy atom. The molecule has 0 radical (unpaired) electrons. The Labute approximate surface area is 157 Å². The molecule has 0 fully saturated rings. The largest absolute Gasteiger partial charge is 0.448 e. The van der Waals surface area contributed by atoms with Crippen LogP contribution in [0.4, 0.5) is 10.6 Å². The van der Waals surface area contributed by atoms with Gasteiger partial charge < -0.3 is 9.84 Å². The van der Waals surface area contributed by atoms with Crippen LogP contribution in [0.5, 0.6) is 0 Å². The Balaban J connectivity index is 1.46. The van der Waals surface area contributed by atoms with Crippen molar-refractivity contribution in [3.05, 3.63) is 83.6 Å². The quantitative estimate of drug-likeness (QED) is 0.722. The van der Waals surface area contributed by atoms with Crippen LogP contribution in [0.3, 0.4) is 0 Å². The van der Waals surface area contributed by atoms with E-state index in [2.05, 4.69) is 34.6 Å². The van der Waals surface area contributed by atoms with Crippen LogP contribution in [-0.4, -0.2) is 29.4 Å². The van der Waals surface area contributed by atoms with Gasteiger partial charge in [-0.25, -0.2) is 9.78 Å². The van der Waals surface area contributed by atoms with E-state index in [1.165, 1.54) is 22.3 Å². The highest BCUT2D eigenvalue weighted by Crippen LogP contribution is 2.44. The van der Waals surface area contributed by atoms with E-state index in [-0.39, 0.29) is 19.1 Å². The molecule has 1 aromatic heterocycles. The summed E-state index contributed by atoms with van der Waals surface area (Å²) in [5, 5.41) is 11.7. The van der Waals surface area contributed by atoms with E-state index in [9.17, 15) is 4.79 Å². The van der Waals surface area contributed by atoms with Crippen molar-refractivity contribution >= 4 is 11.9 Å². The lowest BCUT2D eigenvalue weighted by Gasteiger charge is -2.14. The molecule has 136 valence electrons. The molecule has 0 aliphatic heterocycles. The van der Waals surface area contributed by atoms with Crippen molar-refractivity contribution in [3.63, 3.8) is 0 Å². The fourth-order valence-corrected chi connectivity index (χ4v) is 3.57. The van der Waals surface area contributed by atoms with E-state index in [0.717, 1.165) is 5.56 Å². The molecule has 1 heterocycles. The van der Waals surface area contributed by atoms with Gasteiger partial charge in [0, 0.05) is 18.7 Å². The number of carbonyl (C=O) groups is 1. The zero-order chi connectivity index (χ0) is 18.6. The summed E-state index contributed by atoms with van der Waals surface area (Å²) in [6, 6.07) is 20.0. The summed E-state index contributed by atoms with van der Waals surface area (Å²) < 4.78 is 5.50. The number of fused-ring (bicyclic) bond motifs is 3. The Kier molecular flexibility index (Phi) is 4.85. The molecule has 0 unspecified atom stereocenters. The zero-order valence-corrected chi connectivity index (χ0v) is 14.8. The van der Waals surface area contributed by atoms with Gasteiger partial charge in [-0.15, -0.1) is 0 Å². The molecule has 0 spiro atoms. The molecule has 0 bridgehead atoms. The van der Waals surface area contributed by atoms with Gasteiger partial charge in [-0.1, -0.05) is 48.5 Å². The molecule has 5 nitrogen and oxygen atoms in total. The van der Waals surface area contributed by atoms with E-state index in [1.807, 2.05) is 24.3 Å². The third-order valence-corrected chi connectivity index (χ3v) is 4.80. The number of benzene rings is 2. The lowest BCUT2D eigenvalue weighted by molar-refractivity contribution is 0.158. The van der Waals surface area contributed by atoms with Gasteiger partial charge in [0.1, 0.15) is 12.4 Å². The maximum absolute atomic E-state index is 12.2. The molecule has 5 heteroatoms. The van der Waals surface area contributed by atoms with Crippen molar-refractivity contribution in [2.24, 2.45) is 0 Å². The molecular weight excluding hydrogens is 340 g/mol. The van der Waals surface area contributed by atoms with E-state index in [1.54, 1.807) is 18.3 Å². The van der Waals surface area contributed by atoms with Crippen LogP contribution < -0.4 is 5.32 Å². The van der Waals surface area contributed by atoms with Crippen LogP contribution in [0, 0.1) is 0 Å². The third kappa shape index (κ3) is 3.55. The summed E-state index contributed by atoms with van der Waals surface area (Å²) in [6.07, 6.45) is 1.58. The maximum Gasteiger partial charge on any atom is 0.412 e. The molecule has 3 aromatic rings. The maximum atomic E-state index is 12.2. The van der Waals surface area contributed by atoms with Crippen molar-refractivity contribution in [2.45, 2.75) is 12.3 Å². The number of aliphatic hydroxyl groups excluding tert-OH is 1. The van der Waals surface area contributed by atoms with Gasteiger partial charge in [0.2, 0.25) is 0 Å². The molecule has 2 N–H and O–H groups in total. The number of nitrogens with one attached hydrogen (secondary N) is 1. The van der Waals surface area contributed by atoms with Gasteiger partial charge in [-0.05, 0) is 46.4 Å². The fourth-order valence-electron chi connectivity index (χ4n) is 3.57. The highest BCUT2D eigenvalue weighted by Gasteiger charge is 2.28. The highest BCUT2D eigenvalue weighted by molar-refractivity contribution is 5.84. The van der Waals surface area contributed by atoms with Crippen molar-refractivity contribution in [3.8, 4) is 11.1 Å². The second kappa shape index (κ2) is 7.60. The number of ether oxygens (including phenoxy) is 1. The first kappa shape index (κ1) is 17.2. The minimum Gasteiger partial charge on any atom is -0.448 e. The van der Waals surface area contributed by atoms with Crippen molar-refractivity contribution in [2.75, 3.05) is 18.5 Å². The zero-order valence-electron chi connectivity index (χ0n) is 14.8. The summed E-state index contributed by atoms with van der Waals surface area (Å²) in [4.78, 5) is 16.4. The highest BCUT2D eigenvalue weighted by atomic mass is 16.5. The first-order valence-corrected chi connectivity index (χ1v) is 8.94. The van der Waals surface area contributed by atoms with E-state index in [4.69, 9.17) is 9.84 Å². The predicted molar refractivity (Wildman–Crippen MR) is 104 cm³/mol. The average molecular weight is 360 g/mol. The molecule has 1 aliphatic rings. The molecule has 0 atom stereocenters. The normalized spacial score (nSPS) is 12.3. The number of aromatic nitrogens is 1. The van der Waals surface area contributed by atoms with Gasteiger partial charge in [0.25, 0.3) is 0 Å². The molecule has 0 saturated carbocycles. The van der Waals surface area contributed by atoms with Crippen LogP contribution >= 0.6 is 0 Å². The molecule has 1 amide bonds. The lowest BCUT2D eigenvalue weighted by Crippen LogP contribution is -2.18. The van der Waals surface area contributed by atoms with Crippen LogP contribution in [0.1, 0.15) is 22.6 Å². The Morgan fingerprint density at radius 3 is 2.37 bits per heavy atom. The lowest BCUT2D eigenvalue weighted by atomic mass is 9.98. The van der Waals surface area contributed by atoms with Gasteiger partial charge in [0.05, 0.1) is 0 Å². The van der Waals surface area contributed by atoms with Crippen LogP contribution in [0.2, 0.25) is 0 Å². The second-order valence-electron chi connectivity index (χ2n) is 6.47. The minimum absolute atomic E-state index is 0.0248. The molecule has 27 heavy (non-hydrogen) atoms. The number of carbonyl (C=O) groups excluding carboxylic acids is 1. The van der Waals surface area contributed by atoms with Gasteiger partial charge in [-0.3, -0.25) is 5.32 Å². The summed E-state index contributed by atoms with van der Waals surface area (Å²) in [6.45, 7) is 0.310. The number of anilines is 1. The summed E-state index contributed by atoms with van der Waals surface area (Å²) in [5.74, 6) is 0.440. The average Bonchev–Trinajstić information content (AvgIpc) is 3.01. The Bertz CT molecular complexity index is 926. The third-order valence-electron chi connectivity index (χ3n) is 4.80. The smallest absolute Gasteiger partial charge is 0.412 e. The molecule has 2 aromatic carbocycles. The fraction of sp³-hybridized carbons (Fsp3) is 0.182. The first-order valence-electron chi connectivity index (χ1n) is 8.94. The summed E-state index contributed by atoms with van der Waals surface area (Å²) in [5.41, 5.74) is 5.64. The number of rotatable bonds is 5. The van der Waals surface area contributed by atoms with Crippen LogP contribution in [0.25, 0.3) is 11.1 Å². The summed E-state index contributed by atoms with van der Waals surface area (Å²) in [7, 11) is 0. The molecular formula is C22H20N2O3. The molecule has 4 rings (SSSR count). The van der Waals surface area contributed by atoms with Gasteiger partial charge in [0.15, 0.2) is 0 Å². The van der Waals surface area contributed by atoms with Crippen molar-refractivity contribution in [1.29, 1.82) is 0 Å². The Hall–Kier alpha value is -3.18. The molecule has 0 saturated heterocycles. The second-order valence-corrected chi connectivity index (χ2v) is 6.47. The number of hydrogen-bond acceptors (Lipinski definition) is 4. The number of nitrogens with zero attached hydrogens (tertiary/aromatic N) is 1.